The van der Waals surface area contributed by atoms with Crippen molar-refractivity contribution in [2.45, 2.75) is 49.4 Å². The van der Waals surface area contributed by atoms with Gasteiger partial charge in [-0.3, -0.25) is 4.79 Å². The molecule has 1 heterocycles. The molecule has 3 unspecified atom stereocenters. The van der Waals surface area contributed by atoms with Gasteiger partial charge in [-0.2, -0.15) is 11.8 Å². The summed E-state index contributed by atoms with van der Waals surface area (Å²) >= 11 is 1.94. The van der Waals surface area contributed by atoms with Crippen LogP contribution in [0, 0.1) is 0 Å². The molecule has 92 valence electrons. The van der Waals surface area contributed by atoms with Gasteiger partial charge in [-0.25, -0.2) is 0 Å². The monoisotopic (exact) mass is 242 g/mol. The van der Waals surface area contributed by atoms with Crippen LogP contribution in [-0.2, 0) is 4.79 Å². The average molecular weight is 242 g/mol. The molecule has 4 heteroatoms. The fraction of sp³-hybridized carbons (Fsp3) is 0.917. The summed E-state index contributed by atoms with van der Waals surface area (Å²) in [6, 6.07) is 0.569. The Bertz CT molecular complexity index is 259. The molecule has 1 N–H and O–H groups in total. The van der Waals surface area contributed by atoms with E-state index in [9.17, 15) is 4.79 Å². The van der Waals surface area contributed by atoms with Crippen LogP contribution in [0.15, 0.2) is 0 Å². The quantitative estimate of drug-likeness (QED) is 0.813. The first kappa shape index (κ1) is 12.2. The predicted molar refractivity (Wildman–Crippen MR) is 68.7 cm³/mol. The van der Waals surface area contributed by atoms with Gasteiger partial charge in [0.1, 0.15) is 0 Å². The zero-order valence-electron chi connectivity index (χ0n) is 10.2. The van der Waals surface area contributed by atoms with Gasteiger partial charge in [-0.05, 0) is 32.6 Å². The first-order valence-electron chi connectivity index (χ1n) is 6.28. The highest BCUT2D eigenvalue weighted by molar-refractivity contribution is 7.99. The summed E-state index contributed by atoms with van der Waals surface area (Å²) in [6.45, 7) is 0.950. The van der Waals surface area contributed by atoms with Gasteiger partial charge in [-0.15, -0.1) is 0 Å². The van der Waals surface area contributed by atoms with Crippen molar-refractivity contribution in [2.24, 2.45) is 0 Å². The fourth-order valence-corrected chi connectivity index (χ4v) is 4.01. The Labute approximate surface area is 102 Å². The minimum Gasteiger partial charge on any atom is -0.337 e. The van der Waals surface area contributed by atoms with Crippen LogP contribution in [0.25, 0.3) is 0 Å². The number of carbonyl (C=O) groups excluding carboxylic acids is 1. The normalized spacial score (nSPS) is 35.8. The van der Waals surface area contributed by atoms with E-state index in [4.69, 9.17) is 0 Å². The van der Waals surface area contributed by atoms with Crippen LogP contribution in [0.3, 0.4) is 0 Å². The zero-order valence-corrected chi connectivity index (χ0v) is 11.1. The number of hydrogen-bond acceptors (Lipinski definition) is 3. The Morgan fingerprint density at radius 1 is 1.31 bits per heavy atom. The third kappa shape index (κ3) is 2.23. The maximum atomic E-state index is 12.2. The van der Waals surface area contributed by atoms with Crippen molar-refractivity contribution in [3.05, 3.63) is 0 Å². The van der Waals surface area contributed by atoms with Crippen LogP contribution in [0.5, 0.6) is 0 Å². The number of amides is 1. The maximum absolute atomic E-state index is 12.2. The lowest BCUT2D eigenvalue weighted by atomic mass is 9.94. The van der Waals surface area contributed by atoms with Crippen molar-refractivity contribution in [2.75, 3.05) is 19.8 Å². The molecule has 1 aliphatic heterocycles. The third-order valence-electron chi connectivity index (χ3n) is 3.96. The lowest BCUT2D eigenvalue weighted by Gasteiger charge is -2.37. The summed E-state index contributed by atoms with van der Waals surface area (Å²) < 4.78 is 0. The Morgan fingerprint density at radius 2 is 2.06 bits per heavy atom. The van der Waals surface area contributed by atoms with Crippen molar-refractivity contribution in [1.29, 1.82) is 0 Å². The second kappa shape index (κ2) is 5.41. The molecular formula is C12H22N2OS. The smallest absolute Gasteiger partial charge is 0.240 e. The standard InChI is InChI=1S/C12H22N2OS/c1-13-9-7-8-14(12(9)15)10-5-3-4-6-11(10)16-2/h9-11,13H,3-8H2,1-2H3. The first-order valence-corrected chi connectivity index (χ1v) is 7.57. The summed E-state index contributed by atoms with van der Waals surface area (Å²) in [5.41, 5.74) is 0. The van der Waals surface area contributed by atoms with Crippen LogP contribution in [0.4, 0.5) is 0 Å². The number of likely N-dealkylation sites (tertiary alicyclic amines) is 1. The number of nitrogens with zero attached hydrogens (tertiary/aromatic N) is 1. The number of likely N-dealkylation sites (N-methyl/N-ethyl adjacent to an activating group) is 1. The Kier molecular flexibility index (Phi) is 4.14. The molecule has 0 aromatic carbocycles. The molecule has 0 spiro atoms. The molecule has 2 aliphatic rings. The van der Waals surface area contributed by atoms with E-state index >= 15 is 0 Å². The molecule has 2 rings (SSSR count). The molecule has 0 aromatic rings. The van der Waals surface area contributed by atoms with Gasteiger partial charge in [0.05, 0.1) is 6.04 Å². The van der Waals surface area contributed by atoms with Gasteiger partial charge in [-0.1, -0.05) is 12.8 Å². The minimum absolute atomic E-state index is 0.0735. The van der Waals surface area contributed by atoms with E-state index in [2.05, 4.69) is 16.5 Å². The van der Waals surface area contributed by atoms with Crippen molar-refractivity contribution < 1.29 is 4.79 Å². The molecule has 16 heavy (non-hydrogen) atoms. The molecule has 1 saturated carbocycles. The van der Waals surface area contributed by atoms with E-state index in [1.54, 1.807) is 0 Å². The van der Waals surface area contributed by atoms with Crippen LogP contribution >= 0.6 is 11.8 Å². The van der Waals surface area contributed by atoms with Gasteiger partial charge >= 0.3 is 0 Å². The van der Waals surface area contributed by atoms with Crippen LogP contribution in [-0.4, -0.2) is 48.0 Å². The van der Waals surface area contributed by atoms with E-state index < -0.39 is 0 Å². The van der Waals surface area contributed by atoms with Crippen LogP contribution in [0.1, 0.15) is 32.1 Å². The predicted octanol–water partition coefficient (Wildman–Crippen LogP) is 1.48. The Balaban J connectivity index is 2.03. The SMILES string of the molecule is CNC1CCN(C2CCCCC2SC)C1=O. The molecule has 1 amide bonds. The highest BCUT2D eigenvalue weighted by atomic mass is 32.2. The molecule has 1 aliphatic carbocycles. The fourth-order valence-electron chi connectivity index (χ4n) is 3.01. The van der Waals surface area contributed by atoms with Crippen molar-refractivity contribution in [3.8, 4) is 0 Å². The molecule has 0 bridgehead atoms. The number of carbonyl (C=O) groups is 1. The molecular weight excluding hydrogens is 220 g/mol. The van der Waals surface area contributed by atoms with E-state index in [-0.39, 0.29) is 6.04 Å². The third-order valence-corrected chi connectivity index (χ3v) is 5.11. The molecule has 0 aromatic heterocycles. The highest BCUT2D eigenvalue weighted by Crippen LogP contribution is 2.32. The highest BCUT2D eigenvalue weighted by Gasteiger charge is 2.38. The zero-order chi connectivity index (χ0) is 11.5. The summed E-state index contributed by atoms with van der Waals surface area (Å²) in [6.07, 6.45) is 8.26. The minimum atomic E-state index is 0.0735. The Morgan fingerprint density at radius 3 is 2.69 bits per heavy atom. The van der Waals surface area contributed by atoms with Gasteiger partial charge in [0.25, 0.3) is 0 Å². The molecule has 1 saturated heterocycles. The van der Waals surface area contributed by atoms with Gasteiger partial charge in [0.2, 0.25) is 5.91 Å². The van der Waals surface area contributed by atoms with Gasteiger partial charge in [0.15, 0.2) is 0 Å². The number of thioether (sulfide) groups is 1. The largest absolute Gasteiger partial charge is 0.337 e. The molecule has 3 atom stereocenters. The van der Waals surface area contributed by atoms with Crippen molar-refractivity contribution >= 4 is 17.7 Å². The Hall–Kier alpha value is -0.220. The van der Waals surface area contributed by atoms with E-state index in [1.807, 2.05) is 18.8 Å². The lowest BCUT2D eigenvalue weighted by Crippen LogP contribution is -2.47. The van der Waals surface area contributed by atoms with Crippen molar-refractivity contribution in [1.82, 2.24) is 10.2 Å². The summed E-state index contributed by atoms with van der Waals surface area (Å²) in [4.78, 5) is 14.3. The number of nitrogens with one attached hydrogen (secondary N) is 1. The summed E-state index contributed by atoms with van der Waals surface area (Å²) in [5.74, 6) is 0.327. The molecule has 3 nitrogen and oxygen atoms in total. The molecule has 2 fully saturated rings. The van der Waals surface area contributed by atoms with Gasteiger partial charge in [0, 0.05) is 17.8 Å². The van der Waals surface area contributed by atoms with E-state index in [0.29, 0.717) is 17.2 Å². The maximum Gasteiger partial charge on any atom is 0.240 e. The van der Waals surface area contributed by atoms with Crippen LogP contribution < -0.4 is 5.32 Å². The van der Waals surface area contributed by atoms with Crippen LogP contribution in [0.2, 0.25) is 0 Å². The number of rotatable bonds is 3. The number of hydrogen-bond donors (Lipinski definition) is 1. The first-order chi connectivity index (χ1) is 7.77. The van der Waals surface area contributed by atoms with E-state index in [0.717, 1.165) is 13.0 Å². The van der Waals surface area contributed by atoms with Gasteiger partial charge < -0.3 is 10.2 Å². The lowest BCUT2D eigenvalue weighted by molar-refractivity contribution is -0.131. The second-order valence-corrected chi connectivity index (χ2v) is 5.86. The van der Waals surface area contributed by atoms with E-state index in [1.165, 1.54) is 25.7 Å². The molecule has 0 radical (unpaired) electrons. The second-order valence-electron chi connectivity index (χ2n) is 4.79. The average Bonchev–Trinajstić information content (AvgIpc) is 2.70. The van der Waals surface area contributed by atoms with Crippen molar-refractivity contribution in [3.63, 3.8) is 0 Å². The summed E-state index contributed by atoms with van der Waals surface area (Å²) in [5, 5.41) is 3.78. The summed E-state index contributed by atoms with van der Waals surface area (Å²) in [7, 11) is 1.89. The topological polar surface area (TPSA) is 32.3 Å².